The monoisotopic (exact) mass is 590 g/mol. The van der Waals surface area contributed by atoms with Crippen molar-refractivity contribution in [1.29, 1.82) is 0 Å². The van der Waals surface area contributed by atoms with Crippen LogP contribution in [0.25, 0.3) is 0 Å². The molecule has 0 radical (unpaired) electrons. The van der Waals surface area contributed by atoms with Crippen molar-refractivity contribution in [3.63, 3.8) is 0 Å². The van der Waals surface area contributed by atoms with Gasteiger partial charge in [-0.1, -0.05) is 18.2 Å². The van der Waals surface area contributed by atoms with Crippen LogP contribution in [-0.2, 0) is 52.4 Å². The molecule has 1 N–H and O–H groups in total. The van der Waals surface area contributed by atoms with E-state index in [9.17, 15) is 33.9 Å². The van der Waals surface area contributed by atoms with Crippen molar-refractivity contribution >= 4 is 35.6 Å². The Morgan fingerprint density at radius 3 is 1.88 bits per heavy atom. The minimum atomic E-state index is -2.72. The highest BCUT2D eigenvalue weighted by molar-refractivity contribution is 5.97. The van der Waals surface area contributed by atoms with Crippen LogP contribution in [0.2, 0.25) is 0 Å². The van der Waals surface area contributed by atoms with Gasteiger partial charge in [-0.05, 0) is 32.9 Å². The number of esters is 5. The van der Waals surface area contributed by atoms with Crippen molar-refractivity contribution in [2.45, 2.75) is 102 Å². The minimum absolute atomic E-state index is 0.0232. The summed E-state index contributed by atoms with van der Waals surface area (Å²) < 4.78 is 35.0. The second-order valence-electron chi connectivity index (χ2n) is 11.5. The molecule has 3 aliphatic rings. The summed E-state index contributed by atoms with van der Waals surface area (Å²) in [4.78, 5) is 78.1. The van der Waals surface area contributed by atoms with Gasteiger partial charge in [0.25, 0.3) is 0 Å². The van der Waals surface area contributed by atoms with Gasteiger partial charge in [-0.15, -0.1) is 0 Å². The molecule has 4 rings (SSSR count). The number of ketones is 1. The van der Waals surface area contributed by atoms with Crippen molar-refractivity contribution < 1.29 is 62.3 Å². The summed E-state index contributed by atoms with van der Waals surface area (Å²) in [5, 5.41) is 12.2. The van der Waals surface area contributed by atoms with E-state index in [1.54, 1.807) is 18.2 Å². The molecule has 1 saturated heterocycles. The maximum Gasteiger partial charge on any atom is 0.338 e. The van der Waals surface area contributed by atoms with E-state index in [2.05, 4.69) is 0 Å². The maximum absolute atomic E-state index is 14.5. The van der Waals surface area contributed by atoms with Gasteiger partial charge in [0, 0.05) is 34.1 Å². The molecule has 1 aliphatic heterocycles. The second-order valence-corrected chi connectivity index (χ2v) is 11.5. The number of benzene rings is 1. The van der Waals surface area contributed by atoms with E-state index in [1.807, 2.05) is 0 Å². The average Bonchev–Trinajstić information content (AvgIpc) is 3.06. The first-order valence-electron chi connectivity index (χ1n) is 13.3. The molecule has 1 spiro atoms. The summed E-state index contributed by atoms with van der Waals surface area (Å²) in [7, 11) is 0. The van der Waals surface area contributed by atoms with Gasteiger partial charge < -0.3 is 33.5 Å². The van der Waals surface area contributed by atoms with E-state index in [1.165, 1.54) is 32.9 Å². The first kappa shape index (κ1) is 31.1. The molecule has 0 amide bonds. The van der Waals surface area contributed by atoms with E-state index in [0.29, 0.717) is 0 Å². The molecule has 3 fully saturated rings. The van der Waals surface area contributed by atoms with Crippen LogP contribution in [0.15, 0.2) is 30.3 Å². The molecule has 2 saturated carbocycles. The lowest BCUT2D eigenvalue weighted by molar-refractivity contribution is -0.364. The van der Waals surface area contributed by atoms with E-state index >= 15 is 0 Å². The fourth-order valence-electron chi connectivity index (χ4n) is 6.93. The number of aliphatic hydroxyl groups is 1. The average molecular weight is 591 g/mol. The number of rotatable bonds is 6. The topological polar surface area (TPSA) is 178 Å². The third-order valence-electron chi connectivity index (χ3n) is 8.02. The lowest BCUT2D eigenvalue weighted by Gasteiger charge is -2.64. The highest BCUT2D eigenvalue weighted by Gasteiger charge is 2.90. The predicted molar refractivity (Wildman–Crippen MR) is 138 cm³/mol. The van der Waals surface area contributed by atoms with Crippen molar-refractivity contribution in [3.05, 3.63) is 35.9 Å². The molecule has 1 heterocycles. The second kappa shape index (κ2) is 10.5. The van der Waals surface area contributed by atoms with E-state index in [-0.39, 0.29) is 5.56 Å². The Hall–Kier alpha value is -3.84. The fraction of sp³-hybridized carbons (Fsp3) is 0.586. The summed E-state index contributed by atoms with van der Waals surface area (Å²) in [6, 6.07) is 7.60. The number of fused-ring (bicyclic) bond motifs is 1. The number of hydrogen-bond acceptors (Lipinski definition) is 13. The van der Waals surface area contributed by atoms with Gasteiger partial charge in [-0.2, -0.15) is 0 Å². The van der Waals surface area contributed by atoms with Crippen LogP contribution in [0.5, 0.6) is 0 Å². The standard InChI is InChI=1S/C29H34O13/c1-14(30)37-19-13-27(7,36)29-23(39-16(3)32)20(26(5,6)42-29)21(34)24(40-25(35)18-11-9-8-10-12-18)28(29,41-17(4)33)22(19)38-15(2)31/h8-12,19-20,22-24,36H,13H2,1-7H3/t19-,20+,22-,23+,24+,27-,28+,29-/m0/s1. The highest BCUT2D eigenvalue weighted by Crippen LogP contribution is 2.65. The van der Waals surface area contributed by atoms with E-state index < -0.39 is 94.8 Å². The third-order valence-corrected chi connectivity index (χ3v) is 8.02. The van der Waals surface area contributed by atoms with Crippen LogP contribution in [0.4, 0.5) is 0 Å². The zero-order chi connectivity index (χ0) is 31.4. The van der Waals surface area contributed by atoms with Gasteiger partial charge in [0.2, 0.25) is 11.7 Å². The molecule has 2 aliphatic carbocycles. The molecule has 0 unspecified atom stereocenters. The van der Waals surface area contributed by atoms with Crippen molar-refractivity contribution in [1.82, 2.24) is 0 Å². The Labute approximate surface area is 241 Å². The molecule has 228 valence electrons. The molecule has 1 aromatic carbocycles. The minimum Gasteiger partial charge on any atom is -0.458 e. The van der Waals surface area contributed by atoms with Gasteiger partial charge in [0.15, 0.2) is 23.6 Å². The first-order chi connectivity index (χ1) is 19.4. The van der Waals surface area contributed by atoms with Gasteiger partial charge >= 0.3 is 29.8 Å². The number of hydrogen-bond donors (Lipinski definition) is 1. The Kier molecular flexibility index (Phi) is 7.75. The Morgan fingerprint density at radius 1 is 0.810 bits per heavy atom. The van der Waals surface area contributed by atoms with Gasteiger partial charge in [0.05, 0.1) is 17.1 Å². The zero-order valence-corrected chi connectivity index (χ0v) is 24.3. The lowest BCUT2D eigenvalue weighted by atomic mass is 9.51. The van der Waals surface area contributed by atoms with Crippen LogP contribution < -0.4 is 0 Å². The van der Waals surface area contributed by atoms with E-state index in [0.717, 1.165) is 27.7 Å². The van der Waals surface area contributed by atoms with Crippen LogP contribution >= 0.6 is 0 Å². The summed E-state index contributed by atoms with van der Waals surface area (Å²) in [5.41, 5.74) is -8.84. The summed E-state index contributed by atoms with van der Waals surface area (Å²) in [6.07, 6.45) is -7.63. The largest absolute Gasteiger partial charge is 0.458 e. The van der Waals surface area contributed by atoms with Gasteiger partial charge in [0.1, 0.15) is 11.7 Å². The van der Waals surface area contributed by atoms with Crippen molar-refractivity contribution in [3.8, 4) is 0 Å². The molecule has 13 nitrogen and oxygen atoms in total. The molecule has 13 heteroatoms. The van der Waals surface area contributed by atoms with Gasteiger partial charge in [-0.25, -0.2) is 4.79 Å². The maximum atomic E-state index is 14.5. The highest BCUT2D eigenvalue weighted by atomic mass is 16.7. The molecule has 2 bridgehead atoms. The smallest absolute Gasteiger partial charge is 0.338 e. The first-order valence-corrected chi connectivity index (χ1v) is 13.3. The normalized spacial score (nSPS) is 36.2. The summed E-state index contributed by atoms with van der Waals surface area (Å²) in [6.45, 7) is 8.38. The molecule has 0 aromatic heterocycles. The third kappa shape index (κ3) is 4.64. The van der Waals surface area contributed by atoms with Gasteiger partial charge in [-0.3, -0.25) is 24.0 Å². The lowest BCUT2D eigenvalue weighted by Crippen LogP contribution is -2.88. The Morgan fingerprint density at radius 2 is 1.36 bits per heavy atom. The number of carbonyl (C=O) groups is 6. The van der Waals surface area contributed by atoms with Crippen LogP contribution in [0.3, 0.4) is 0 Å². The molecular formula is C29H34O13. The zero-order valence-electron chi connectivity index (χ0n) is 24.3. The van der Waals surface area contributed by atoms with E-state index in [4.69, 9.17) is 28.4 Å². The Balaban J connectivity index is 2.12. The van der Waals surface area contributed by atoms with Crippen LogP contribution in [-0.4, -0.2) is 87.6 Å². The number of Topliss-reactive ketones (excluding diaryl/α,β-unsaturated/α-hetero) is 1. The van der Waals surface area contributed by atoms with Crippen molar-refractivity contribution in [2.24, 2.45) is 5.92 Å². The van der Waals surface area contributed by atoms with Crippen LogP contribution in [0, 0.1) is 5.92 Å². The quantitative estimate of drug-likeness (QED) is 0.370. The van der Waals surface area contributed by atoms with Crippen molar-refractivity contribution in [2.75, 3.05) is 0 Å². The molecule has 1 aromatic rings. The SMILES string of the molecule is CC(=O)O[C@H]1C[C@](C)(O)[C@]23OC(C)(C)[C@H](C(=O)[C@@H](OC(=O)c4ccccc4)[C@]2(OC(C)=O)[C@H]1OC(C)=O)[C@H]3OC(C)=O. The Bertz CT molecular complexity index is 1320. The molecule has 8 atom stereocenters. The molecule has 42 heavy (non-hydrogen) atoms. The van der Waals surface area contributed by atoms with Crippen LogP contribution in [0.1, 0.15) is 65.2 Å². The fourth-order valence-corrected chi connectivity index (χ4v) is 6.93. The number of carbonyl (C=O) groups excluding carboxylic acids is 6. The predicted octanol–water partition coefficient (Wildman–Crippen LogP) is 1.21. The number of ether oxygens (including phenoxy) is 6. The molecular weight excluding hydrogens is 556 g/mol. The summed E-state index contributed by atoms with van der Waals surface area (Å²) >= 11 is 0. The summed E-state index contributed by atoms with van der Waals surface area (Å²) in [5.74, 6) is -7.01.